The Labute approximate surface area is 97.1 Å². The molecular weight excluding hydrogens is 204 g/mol. The second-order valence-corrected chi connectivity index (χ2v) is 5.43. The van der Waals surface area contributed by atoms with Crippen LogP contribution in [0.2, 0.25) is 0 Å². The molecule has 0 spiro atoms. The van der Waals surface area contributed by atoms with Gasteiger partial charge in [-0.05, 0) is 18.4 Å². The van der Waals surface area contributed by atoms with E-state index in [1.165, 1.54) is 10.7 Å². The van der Waals surface area contributed by atoms with Crippen molar-refractivity contribution in [1.82, 2.24) is 10.3 Å². The van der Waals surface area contributed by atoms with Crippen LogP contribution in [0.3, 0.4) is 0 Å². The highest BCUT2D eigenvalue weighted by molar-refractivity contribution is 7.09. The van der Waals surface area contributed by atoms with Crippen molar-refractivity contribution in [2.24, 2.45) is 5.92 Å². The third-order valence-electron chi connectivity index (χ3n) is 2.49. The van der Waals surface area contributed by atoms with Crippen molar-refractivity contribution in [3.05, 3.63) is 16.1 Å². The third-order valence-corrected chi connectivity index (χ3v) is 3.43. The van der Waals surface area contributed by atoms with Gasteiger partial charge in [-0.2, -0.15) is 0 Å². The first-order chi connectivity index (χ1) is 7.06. The fourth-order valence-electron chi connectivity index (χ4n) is 1.54. The van der Waals surface area contributed by atoms with E-state index in [1.807, 2.05) is 0 Å². The fraction of sp³-hybridized carbons (Fsp3) is 0.750. The van der Waals surface area contributed by atoms with Gasteiger partial charge in [0.05, 0.1) is 11.7 Å². The molecule has 86 valence electrons. The van der Waals surface area contributed by atoms with E-state index < -0.39 is 0 Å². The number of hydrogen-bond acceptors (Lipinski definition) is 3. The van der Waals surface area contributed by atoms with E-state index in [4.69, 9.17) is 4.98 Å². The molecule has 1 N–H and O–H groups in total. The van der Waals surface area contributed by atoms with Crippen molar-refractivity contribution in [3.63, 3.8) is 0 Å². The Kier molecular flexibility index (Phi) is 4.74. The molecule has 15 heavy (non-hydrogen) atoms. The Morgan fingerprint density at radius 3 is 2.40 bits per heavy atom. The SMILES string of the molecule is CCNC(c1nc(C(C)C)cs1)C(C)C. The van der Waals surface area contributed by atoms with Crippen LogP contribution in [0.1, 0.15) is 57.3 Å². The summed E-state index contributed by atoms with van der Waals surface area (Å²) in [5.74, 6) is 1.13. The maximum atomic E-state index is 4.71. The molecule has 0 aromatic carbocycles. The molecule has 1 atom stereocenters. The lowest BCUT2D eigenvalue weighted by Crippen LogP contribution is -2.25. The van der Waals surface area contributed by atoms with Gasteiger partial charge in [-0.15, -0.1) is 11.3 Å². The van der Waals surface area contributed by atoms with Crippen LogP contribution in [0.25, 0.3) is 0 Å². The lowest BCUT2D eigenvalue weighted by Gasteiger charge is -2.19. The van der Waals surface area contributed by atoms with Gasteiger partial charge in [0.15, 0.2) is 0 Å². The van der Waals surface area contributed by atoms with Crippen LogP contribution in [0.15, 0.2) is 5.38 Å². The summed E-state index contributed by atoms with van der Waals surface area (Å²) in [5.41, 5.74) is 1.22. The van der Waals surface area contributed by atoms with Crippen molar-refractivity contribution in [2.75, 3.05) is 6.54 Å². The Morgan fingerprint density at radius 2 is 2.00 bits per heavy atom. The molecule has 0 saturated heterocycles. The molecule has 0 saturated carbocycles. The first-order valence-electron chi connectivity index (χ1n) is 5.75. The zero-order valence-electron chi connectivity index (χ0n) is 10.4. The minimum absolute atomic E-state index is 0.410. The number of aromatic nitrogens is 1. The smallest absolute Gasteiger partial charge is 0.110 e. The van der Waals surface area contributed by atoms with Gasteiger partial charge in [0.2, 0.25) is 0 Å². The summed E-state index contributed by atoms with van der Waals surface area (Å²) in [6, 6.07) is 0.410. The molecule has 1 aromatic heterocycles. The van der Waals surface area contributed by atoms with Crippen LogP contribution >= 0.6 is 11.3 Å². The van der Waals surface area contributed by atoms with E-state index in [0.29, 0.717) is 17.9 Å². The molecule has 0 aliphatic heterocycles. The lowest BCUT2D eigenvalue weighted by atomic mass is 10.1. The highest BCUT2D eigenvalue weighted by atomic mass is 32.1. The molecule has 0 fully saturated rings. The average Bonchev–Trinajstić information content (AvgIpc) is 2.62. The standard InChI is InChI=1S/C12H22N2S/c1-6-13-11(9(4)5)12-14-10(7-15-12)8(2)3/h7-9,11,13H,6H2,1-5H3. The Bertz CT molecular complexity index is 292. The molecule has 0 amide bonds. The predicted molar refractivity (Wildman–Crippen MR) is 67.5 cm³/mol. The van der Waals surface area contributed by atoms with Crippen LogP contribution in [-0.4, -0.2) is 11.5 Å². The molecular formula is C12H22N2S. The summed E-state index contributed by atoms with van der Waals surface area (Å²) < 4.78 is 0. The van der Waals surface area contributed by atoms with Crippen molar-refractivity contribution < 1.29 is 0 Å². The summed E-state index contributed by atoms with van der Waals surface area (Å²) in [6.45, 7) is 12.0. The largest absolute Gasteiger partial charge is 0.308 e. The summed E-state index contributed by atoms with van der Waals surface area (Å²) in [6.07, 6.45) is 0. The fourth-order valence-corrected chi connectivity index (χ4v) is 2.76. The van der Waals surface area contributed by atoms with E-state index >= 15 is 0 Å². The molecule has 2 nitrogen and oxygen atoms in total. The van der Waals surface area contributed by atoms with Crippen LogP contribution in [0, 0.1) is 5.92 Å². The normalized spacial score (nSPS) is 13.8. The van der Waals surface area contributed by atoms with Gasteiger partial charge < -0.3 is 5.32 Å². The molecule has 1 aromatic rings. The lowest BCUT2D eigenvalue weighted by molar-refractivity contribution is 0.419. The van der Waals surface area contributed by atoms with Gasteiger partial charge in [0, 0.05) is 5.38 Å². The summed E-state index contributed by atoms with van der Waals surface area (Å²) in [5, 5.41) is 6.92. The molecule has 1 unspecified atom stereocenters. The van der Waals surface area contributed by atoms with Gasteiger partial charge in [-0.25, -0.2) is 4.98 Å². The summed E-state index contributed by atoms with van der Waals surface area (Å²) >= 11 is 1.78. The summed E-state index contributed by atoms with van der Waals surface area (Å²) in [4.78, 5) is 4.71. The van der Waals surface area contributed by atoms with Crippen molar-refractivity contribution >= 4 is 11.3 Å². The van der Waals surface area contributed by atoms with Crippen molar-refractivity contribution in [3.8, 4) is 0 Å². The predicted octanol–water partition coefficient (Wildman–Crippen LogP) is 3.57. The van der Waals surface area contributed by atoms with Crippen molar-refractivity contribution in [2.45, 2.75) is 46.6 Å². The molecule has 0 bridgehead atoms. The second kappa shape index (κ2) is 5.61. The average molecular weight is 226 g/mol. The van der Waals surface area contributed by atoms with E-state index in [9.17, 15) is 0 Å². The van der Waals surface area contributed by atoms with E-state index in [-0.39, 0.29) is 0 Å². The molecule has 0 aliphatic rings. The Hall–Kier alpha value is -0.410. The number of rotatable bonds is 5. The Balaban J connectivity index is 2.81. The number of nitrogens with zero attached hydrogens (tertiary/aromatic N) is 1. The summed E-state index contributed by atoms with van der Waals surface area (Å²) in [7, 11) is 0. The first-order valence-corrected chi connectivity index (χ1v) is 6.62. The minimum atomic E-state index is 0.410. The zero-order chi connectivity index (χ0) is 11.4. The maximum Gasteiger partial charge on any atom is 0.110 e. The van der Waals surface area contributed by atoms with Gasteiger partial charge in [0.25, 0.3) is 0 Å². The minimum Gasteiger partial charge on any atom is -0.308 e. The topological polar surface area (TPSA) is 24.9 Å². The van der Waals surface area contributed by atoms with E-state index in [0.717, 1.165) is 6.54 Å². The third kappa shape index (κ3) is 3.28. The highest BCUT2D eigenvalue weighted by Gasteiger charge is 2.18. The first kappa shape index (κ1) is 12.7. The molecule has 1 rings (SSSR count). The molecule has 0 aliphatic carbocycles. The van der Waals surface area contributed by atoms with Gasteiger partial charge in [-0.3, -0.25) is 0 Å². The maximum absolute atomic E-state index is 4.71. The van der Waals surface area contributed by atoms with Crippen LogP contribution < -0.4 is 5.32 Å². The monoisotopic (exact) mass is 226 g/mol. The van der Waals surface area contributed by atoms with Gasteiger partial charge in [0.1, 0.15) is 5.01 Å². The number of nitrogens with one attached hydrogen (secondary N) is 1. The van der Waals surface area contributed by atoms with Crippen LogP contribution in [-0.2, 0) is 0 Å². The molecule has 3 heteroatoms. The van der Waals surface area contributed by atoms with Crippen molar-refractivity contribution in [1.29, 1.82) is 0 Å². The van der Waals surface area contributed by atoms with Crippen LogP contribution in [0.4, 0.5) is 0 Å². The molecule has 0 radical (unpaired) electrons. The van der Waals surface area contributed by atoms with Gasteiger partial charge in [-0.1, -0.05) is 34.6 Å². The Morgan fingerprint density at radius 1 is 1.33 bits per heavy atom. The molecule has 1 heterocycles. The van der Waals surface area contributed by atoms with E-state index in [1.54, 1.807) is 11.3 Å². The second-order valence-electron chi connectivity index (χ2n) is 4.54. The van der Waals surface area contributed by atoms with Crippen LogP contribution in [0.5, 0.6) is 0 Å². The van der Waals surface area contributed by atoms with E-state index in [2.05, 4.69) is 45.3 Å². The number of hydrogen-bond donors (Lipinski definition) is 1. The number of thiazole rings is 1. The zero-order valence-corrected chi connectivity index (χ0v) is 11.2. The highest BCUT2D eigenvalue weighted by Crippen LogP contribution is 2.27. The quantitative estimate of drug-likeness (QED) is 0.830. The van der Waals surface area contributed by atoms with Gasteiger partial charge >= 0.3 is 0 Å².